The lowest BCUT2D eigenvalue weighted by Crippen LogP contribution is -2.33. The van der Waals surface area contributed by atoms with E-state index in [4.69, 9.17) is 5.84 Å². The molecule has 2 atom stereocenters. The molecule has 3 heteroatoms. The number of hydrogen-bond donors (Lipinski definition) is 2. The van der Waals surface area contributed by atoms with Crippen molar-refractivity contribution in [2.24, 2.45) is 11.8 Å². The summed E-state index contributed by atoms with van der Waals surface area (Å²) in [7, 11) is 0. The second-order valence-corrected chi connectivity index (χ2v) is 4.14. The van der Waals surface area contributed by atoms with E-state index in [0.717, 1.165) is 0 Å². The first-order valence-electron chi connectivity index (χ1n) is 5.57. The van der Waals surface area contributed by atoms with Crippen LogP contribution in [0, 0.1) is 12.8 Å². The highest BCUT2D eigenvalue weighted by Gasteiger charge is 2.18. The topological polar surface area (TPSA) is 50.9 Å². The molecule has 15 heavy (non-hydrogen) atoms. The van der Waals surface area contributed by atoms with Gasteiger partial charge in [0, 0.05) is 12.4 Å². The van der Waals surface area contributed by atoms with Crippen LogP contribution in [0.1, 0.15) is 43.9 Å². The lowest BCUT2D eigenvalue weighted by Gasteiger charge is -2.24. The standard InChI is InChI=1S/C12H21N3/c1-4-5-10(3)12(15-13)11-8-14-7-6-9(11)2/h6-8,10,12,15H,4-5,13H2,1-3H3. The highest BCUT2D eigenvalue weighted by atomic mass is 15.2. The maximum atomic E-state index is 5.63. The summed E-state index contributed by atoms with van der Waals surface area (Å²) in [4.78, 5) is 4.16. The first kappa shape index (κ1) is 12.1. The largest absolute Gasteiger partial charge is 0.271 e. The Morgan fingerprint density at radius 2 is 2.27 bits per heavy atom. The van der Waals surface area contributed by atoms with Crippen molar-refractivity contribution in [2.45, 2.75) is 39.7 Å². The third kappa shape index (κ3) is 3.01. The van der Waals surface area contributed by atoms with Gasteiger partial charge in [-0.15, -0.1) is 0 Å². The van der Waals surface area contributed by atoms with Crippen LogP contribution >= 0.6 is 0 Å². The van der Waals surface area contributed by atoms with Gasteiger partial charge in [-0.2, -0.15) is 0 Å². The number of nitrogens with zero attached hydrogens (tertiary/aromatic N) is 1. The van der Waals surface area contributed by atoms with Crippen LogP contribution in [0.5, 0.6) is 0 Å². The van der Waals surface area contributed by atoms with Gasteiger partial charge < -0.3 is 0 Å². The Morgan fingerprint density at radius 1 is 1.53 bits per heavy atom. The Bertz CT molecular complexity index is 299. The molecule has 0 spiro atoms. The molecule has 0 aromatic carbocycles. The predicted octanol–water partition coefficient (Wildman–Crippen LogP) is 2.33. The molecule has 84 valence electrons. The molecule has 0 radical (unpaired) electrons. The van der Waals surface area contributed by atoms with Gasteiger partial charge in [0.05, 0.1) is 6.04 Å². The normalized spacial score (nSPS) is 14.9. The van der Waals surface area contributed by atoms with Gasteiger partial charge in [0.15, 0.2) is 0 Å². The second-order valence-electron chi connectivity index (χ2n) is 4.14. The summed E-state index contributed by atoms with van der Waals surface area (Å²) in [6.07, 6.45) is 6.07. The summed E-state index contributed by atoms with van der Waals surface area (Å²) < 4.78 is 0. The molecule has 0 aliphatic heterocycles. The third-order valence-corrected chi connectivity index (χ3v) is 2.91. The number of hydrazine groups is 1. The zero-order chi connectivity index (χ0) is 11.3. The van der Waals surface area contributed by atoms with Gasteiger partial charge in [-0.05, 0) is 36.5 Å². The van der Waals surface area contributed by atoms with E-state index in [1.54, 1.807) is 0 Å². The van der Waals surface area contributed by atoms with Crippen LogP contribution in [-0.4, -0.2) is 4.98 Å². The predicted molar refractivity (Wildman–Crippen MR) is 63.1 cm³/mol. The number of hydrogen-bond acceptors (Lipinski definition) is 3. The molecule has 3 N–H and O–H groups in total. The third-order valence-electron chi connectivity index (χ3n) is 2.91. The van der Waals surface area contributed by atoms with Gasteiger partial charge in [-0.25, -0.2) is 0 Å². The number of aryl methyl sites for hydroxylation is 1. The van der Waals surface area contributed by atoms with Crippen molar-refractivity contribution in [2.75, 3.05) is 0 Å². The molecule has 0 saturated carbocycles. The monoisotopic (exact) mass is 207 g/mol. The molecule has 1 aromatic rings. The molecule has 1 heterocycles. The Labute approximate surface area is 92.1 Å². The number of nitrogens with two attached hydrogens (primary N) is 1. The molecule has 1 aromatic heterocycles. The van der Waals surface area contributed by atoms with E-state index in [1.807, 2.05) is 18.5 Å². The zero-order valence-corrected chi connectivity index (χ0v) is 9.83. The average Bonchev–Trinajstić information content (AvgIpc) is 2.22. The van der Waals surface area contributed by atoms with E-state index in [1.165, 1.54) is 24.0 Å². The molecule has 2 unspecified atom stereocenters. The smallest absolute Gasteiger partial charge is 0.0503 e. The molecule has 0 fully saturated rings. The van der Waals surface area contributed by atoms with Crippen LogP contribution in [0.2, 0.25) is 0 Å². The summed E-state index contributed by atoms with van der Waals surface area (Å²) in [6, 6.07) is 2.23. The van der Waals surface area contributed by atoms with Gasteiger partial charge in [0.1, 0.15) is 0 Å². The van der Waals surface area contributed by atoms with E-state index in [9.17, 15) is 0 Å². The highest BCUT2D eigenvalue weighted by molar-refractivity contribution is 5.25. The first-order chi connectivity index (χ1) is 7.20. The molecule has 1 rings (SSSR count). The molecule has 0 saturated heterocycles. The van der Waals surface area contributed by atoms with Crippen molar-refractivity contribution < 1.29 is 0 Å². The Hall–Kier alpha value is -0.930. The lowest BCUT2D eigenvalue weighted by atomic mass is 9.90. The minimum absolute atomic E-state index is 0.207. The summed E-state index contributed by atoms with van der Waals surface area (Å²) in [5.41, 5.74) is 5.36. The Kier molecular flexibility index (Phi) is 4.72. The van der Waals surface area contributed by atoms with Crippen LogP contribution in [0.3, 0.4) is 0 Å². The summed E-state index contributed by atoms with van der Waals surface area (Å²) in [6.45, 7) is 6.51. The number of aromatic nitrogens is 1. The van der Waals surface area contributed by atoms with Crippen molar-refractivity contribution in [1.82, 2.24) is 10.4 Å². The summed E-state index contributed by atoms with van der Waals surface area (Å²) >= 11 is 0. The summed E-state index contributed by atoms with van der Waals surface area (Å²) in [5, 5.41) is 0. The number of nitrogens with one attached hydrogen (secondary N) is 1. The van der Waals surface area contributed by atoms with Crippen LogP contribution in [0.15, 0.2) is 18.5 Å². The van der Waals surface area contributed by atoms with Crippen LogP contribution < -0.4 is 11.3 Å². The van der Waals surface area contributed by atoms with Crippen molar-refractivity contribution in [1.29, 1.82) is 0 Å². The van der Waals surface area contributed by atoms with E-state index >= 15 is 0 Å². The van der Waals surface area contributed by atoms with Gasteiger partial charge in [-0.1, -0.05) is 20.3 Å². The van der Waals surface area contributed by atoms with Gasteiger partial charge in [0.2, 0.25) is 0 Å². The van der Waals surface area contributed by atoms with Gasteiger partial charge >= 0.3 is 0 Å². The average molecular weight is 207 g/mol. The molecular weight excluding hydrogens is 186 g/mol. The fraction of sp³-hybridized carbons (Fsp3) is 0.583. The maximum absolute atomic E-state index is 5.63. The summed E-state index contributed by atoms with van der Waals surface area (Å²) in [5.74, 6) is 6.16. The first-order valence-corrected chi connectivity index (χ1v) is 5.57. The molecule has 0 bridgehead atoms. The van der Waals surface area contributed by atoms with Gasteiger partial charge in [-0.3, -0.25) is 16.3 Å². The maximum Gasteiger partial charge on any atom is 0.0503 e. The van der Waals surface area contributed by atoms with Crippen molar-refractivity contribution in [3.63, 3.8) is 0 Å². The van der Waals surface area contributed by atoms with Crippen LogP contribution in [0.4, 0.5) is 0 Å². The Morgan fingerprint density at radius 3 is 2.80 bits per heavy atom. The molecule has 3 nitrogen and oxygen atoms in total. The van der Waals surface area contributed by atoms with E-state index < -0.39 is 0 Å². The van der Waals surface area contributed by atoms with E-state index in [2.05, 4.69) is 31.2 Å². The fourth-order valence-corrected chi connectivity index (χ4v) is 1.98. The number of rotatable bonds is 5. The fourth-order valence-electron chi connectivity index (χ4n) is 1.98. The molecule has 0 amide bonds. The van der Waals surface area contributed by atoms with Crippen LogP contribution in [0.25, 0.3) is 0 Å². The van der Waals surface area contributed by atoms with Crippen molar-refractivity contribution >= 4 is 0 Å². The molecule has 0 aliphatic carbocycles. The minimum atomic E-state index is 0.207. The van der Waals surface area contributed by atoms with Gasteiger partial charge in [0.25, 0.3) is 0 Å². The van der Waals surface area contributed by atoms with Crippen LogP contribution in [-0.2, 0) is 0 Å². The molecular formula is C12H21N3. The van der Waals surface area contributed by atoms with Crippen molar-refractivity contribution in [3.05, 3.63) is 29.6 Å². The number of pyridine rings is 1. The zero-order valence-electron chi connectivity index (χ0n) is 9.83. The lowest BCUT2D eigenvalue weighted by molar-refractivity contribution is 0.366. The highest BCUT2D eigenvalue weighted by Crippen LogP contribution is 2.26. The quantitative estimate of drug-likeness (QED) is 0.575. The van der Waals surface area contributed by atoms with E-state index in [0.29, 0.717) is 5.92 Å². The van der Waals surface area contributed by atoms with E-state index in [-0.39, 0.29) is 6.04 Å². The Balaban J connectivity index is 2.87. The SMILES string of the molecule is CCCC(C)C(NN)c1cnccc1C. The molecule has 0 aliphatic rings. The van der Waals surface area contributed by atoms with Crippen molar-refractivity contribution in [3.8, 4) is 0 Å². The second kappa shape index (κ2) is 5.83. The minimum Gasteiger partial charge on any atom is -0.271 e.